The fourth-order valence-corrected chi connectivity index (χ4v) is 2.39. The molecule has 1 atom stereocenters. The Hall–Kier alpha value is -1.43. The highest BCUT2D eigenvalue weighted by atomic mass is 32.1. The topological polar surface area (TPSA) is 79.3 Å². The van der Waals surface area contributed by atoms with Gasteiger partial charge >= 0.3 is 5.97 Å². The average molecular weight is 268 g/mol. The van der Waals surface area contributed by atoms with Gasteiger partial charge in [-0.1, -0.05) is 12.8 Å². The molecular weight excluding hydrogens is 252 g/mol. The van der Waals surface area contributed by atoms with E-state index >= 15 is 0 Å². The maximum atomic E-state index is 11.7. The van der Waals surface area contributed by atoms with Crippen molar-refractivity contribution in [2.75, 3.05) is 0 Å². The van der Waals surface area contributed by atoms with Crippen LogP contribution in [0.1, 0.15) is 30.7 Å². The molecule has 2 N–H and O–H groups in total. The number of carbonyl (C=O) groups excluding carboxylic acids is 1. The molecule has 0 aliphatic heterocycles. The van der Waals surface area contributed by atoms with E-state index in [2.05, 4.69) is 10.3 Å². The summed E-state index contributed by atoms with van der Waals surface area (Å²) >= 11 is 1.50. The van der Waals surface area contributed by atoms with Crippen molar-refractivity contribution in [2.24, 2.45) is 5.92 Å². The second-order valence-corrected chi connectivity index (χ2v) is 5.54. The number of nitrogens with one attached hydrogen (secondary N) is 1. The van der Waals surface area contributed by atoms with Gasteiger partial charge < -0.3 is 10.4 Å². The molecule has 18 heavy (non-hydrogen) atoms. The molecular formula is C12H16N2O3S. The third-order valence-corrected chi connectivity index (χ3v) is 3.79. The molecule has 1 amide bonds. The van der Waals surface area contributed by atoms with Crippen LogP contribution in [-0.2, 0) is 16.0 Å². The maximum Gasteiger partial charge on any atom is 0.326 e. The summed E-state index contributed by atoms with van der Waals surface area (Å²) in [7, 11) is 0. The van der Waals surface area contributed by atoms with Gasteiger partial charge in [-0.05, 0) is 12.3 Å². The molecule has 1 saturated carbocycles. The van der Waals surface area contributed by atoms with Gasteiger partial charge in [-0.3, -0.25) is 4.79 Å². The lowest BCUT2D eigenvalue weighted by molar-refractivity contribution is -0.142. The molecule has 0 bridgehead atoms. The fourth-order valence-electron chi connectivity index (χ4n) is 1.77. The van der Waals surface area contributed by atoms with Gasteiger partial charge in [-0.25, -0.2) is 9.78 Å². The highest BCUT2D eigenvalue weighted by Gasteiger charge is 2.30. The number of hydrogen-bond acceptors (Lipinski definition) is 4. The predicted octanol–water partition coefficient (Wildman–Crippen LogP) is 1.45. The highest BCUT2D eigenvalue weighted by Crippen LogP contribution is 2.33. The van der Waals surface area contributed by atoms with E-state index in [1.165, 1.54) is 11.3 Å². The van der Waals surface area contributed by atoms with Gasteiger partial charge in [0.05, 0.1) is 5.01 Å². The Balaban J connectivity index is 1.75. The monoisotopic (exact) mass is 268 g/mol. The average Bonchev–Trinajstić information content (AvgIpc) is 2.99. The summed E-state index contributed by atoms with van der Waals surface area (Å²) in [5.74, 6) is -0.673. The number of aryl methyl sites for hydroxylation is 1. The Morgan fingerprint density at radius 3 is 2.89 bits per heavy atom. The van der Waals surface area contributed by atoms with Crippen molar-refractivity contribution < 1.29 is 14.7 Å². The molecule has 1 aliphatic carbocycles. The van der Waals surface area contributed by atoms with Crippen LogP contribution in [0.15, 0.2) is 11.6 Å². The number of aromatic nitrogens is 1. The van der Waals surface area contributed by atoms with Crippen molar-refractivity contribution in [2.45, 2.75) is 38.1 Å². The van der Waals surface area contributed by atoms with Crippen molar-refractivity contribution in [1.29, 1.82) is 0 Å². The second-order valence-electron chi connectivity index (χ2n) is 4.56. The van der Waals surface area contributed by atoms with E-state index in [9.17, 15) is 9.59 Å². The van der Waals surface area contributed by atoms with Crippen LogP contribution in [0.3, 0.4) is 0 Å². The summed E-state index contributed by atoms with van der Waals surface area (Å²) in [6.45, 7) is 0. The minimum atomic E-state index is -0.940. The van der Waals surface area contributed by atoms with Crippen LogP contribution in [0.2, 0.25) is 0 Å². The van der Waals surface area contributed by atoms with Crippen molar-refractivity contribution >= 4 is 23.2 Å². The quantitative estimate of drug-likeness (QED) is 0.784. The normalized spacial score (nSPS) is 16.2. The van der Waals surface area contributed by atoms with Crippen molar-refractivity contribution in [3.8, 4) is 0 Å². The maximum absolute atomic E-state index is 11.7. The largest absolute Gasteiger partial charge is 0.480 e. The molecule has 0 saturated heterocycles. The summed E-state index contributed by atoms with van der Waals surface area (Å²) in [6.07, 6.45) is 5.28. The lowest BCUT2D eigenvalue weighted by Crippen LogP contribution is -2.41. The Labute approximate surface area is 109 Å². The SMILES string of the molecule is O=C(CCc1nccs1)NC(CC1CC1)C(=O)O. The molecule has 0 spiro atoms. The molecule has 0 aromatic carbocycles. The van der Waals surface area contributed by atoms with Crippen LogP contribution in [-0.4, -0.2) is 28.0 Å². The molecule has 1 fully saturated rings. The number of thiazole rings is 1. The van der Waals surface area contributed by atoms with Gasteiger partial charge in [0.15, 0.2) is 0 Å². The van der Waals surface area contributed by atoms with Crippen molar-refractivity contribution in [1.82, 2.24) is 10.3 Å². The van der Waals surface area contributed by atoms with E-state index in [0.29, 0.717) is 25.2 Å². The molecule has 2 rings (SSSR count). The summed E-state index contributed by atoms with van der Waals surface area (Å²) < 4.78 is 0. The Bertz CT molecular complexity index is 415. The molecule has 1 aromatic heterocycles. The molecule has 6 heteroatoms. The Morgan fingerprint density at radius 1 is 1.56 bits per heavy atom. The standard InChI is InChI=1S/C12H16N2O3S/c15-10(3-4-11-13-5-6-18-11)14-9(12(16)17)7-8-1-2-8/h5-6,8-9H,1-4,7H2,(H,14,15)(H,16,17). The smallest absolute Gasteiger partial charge is 0.326 e. The van der Waals surface area contributed by atoms with Crippen LogP contribution >= 0.6 is 11.3 Å². The van der Waals surface area contributed by atoms with Gasteiger partial charge in [-0.2, -0.15) is 0 Å². The van der Waals surface area contributed by atoms with E-state index < -0.39 is 12.0 Å². The first-order valence-corrected chi connectivity index (χ1v) is 6.93. The molecule has 1 heterocycles. The van der Waals surface area contributed by atoms with Crippen molar-refractivity contribution in [3.63, 3.8) is 0 Å². The van der Waals surface area contributed by atoms with Crippen LogP contribution in [0.25, 0.3) is 0 Å². The summed E-state index contributed by atoms with van der Waals surface area (Å²) in [5.41, 5.74) is 0. The third kappa shape index (κ3) is 4.10. The Morgan fingerprint density at radius 2 is 2.33 bits per heavy atom. The summed E-state index contributed by atoms with van der Waals surface area (Å²) in [6, 6.07) is -0.735. The number of carbonyl (C=O) groups is 2. The van der Waals surface area contributed by atoms with E-state index in [-0.39, 0.29) is 5.91 Å². The van der Waals surface area contributed by atoms with E-state index in [1.54, 1.807) is 6.20 Å². The van der Waals surface area contributed by atoms with Crippen LogP contribution in [0.5, 0.6) is 0 Å². The number of carboxylic acids is 1. The van der Waals surface area contributed by atoms with Crippen LogP contribution in [0, 0.1) is 5.92 Å². The lowest BCUT2D eigenvalue weighted by atomic mass is 10.1. The fraction of sp³-hybridized carbons (Fsp3) is 0.583. The van der Waals surface area contributed by atoms with Gasteiger partial charge in [0, 0.05) is 24.4 Å². The predicted molar refractivity (Wildman–Crippen MR) is 67.3 cm³/mol. The lowest BCUT2D eigenvalue weighted by Gasteiger charge is -2.13. The molecule has 98 valence electrons. The molecule has 1 unspecified atom stereocenters. The summed E-state index contributed by atoms with van der Waals surface area (Å²) in [5, 5.41) is 14.4. The zero-order valence-corrected chi connectivity index (χ0v) is 10.8. The van der Waals surface area contributed by atoms with E-state index in [4.69, 9.17) is 5.11 Å². The first-order chi connectivity index (χ1) is 8.65. The molecule has 1 aromatic rings. The van der Waals surface area contributed by atoms with Crippen LogP contribution in [0.4, 0.5) is 0 Å². The Kier molecular flexibility index (Phi) is 4.30. The van der Waals surface area contributed by atoms with E-state index in [1.807, 2.05) is 5.38 Å². The number of aliphatic carboxylic acids is 1. The van der Waals surface area contributed by atoms with Gasteiger partial charge in [0.25, 0.3) is 0 Å². The minimum absolute atomic E-state index is 0.210. The second kappa shape index (κ2) is 5.95. The number of nitrogens with zero attached hydrogens (tertiary/aromatic N) is 1. The first kappa shape index (κ1) is 13.0. The minimum Gasteiger partial charge on any atom is -0.480 e. The van der Waals surface area contributed by atoms with Gasteiger partial charge in [0.2, 0.25) is 5.91 Å². The van der Waals surface area contributed by atoms with E-state index in [0.717, 1.165) is 17.8 Å². The number of rotatable bonds is 7. The zero-order chi connectivity index (χ0) is 13.0. The molecule has 1 aliphatic rings. The number of hydrogen-bond donors (Lipinski definition) is 2. The van der Waals surface area contributed by atoms with Crippen LogP contribution < -0.4 is 5.32 Å². The van der Waals surface area contributed by atoms with Gasteiger partial charge in [-0.15, -0.1) is 11.3 Å². The molecule has 5 nitrogen and oxygen atoms in total. The molecule has 0 radical (unpaired) electrons. The van der Waals surface area contributed by atoms with Gasteiger partial charge in [0.1, 0.15) is 6.04 Å². The third-order valence-electron chi connectivity index (χ3n) is 2.95. The highest BCUT2D eigenvalue weighted by molar-refractivity contribution is 7.09. The zero-order valence-electron chi connectivity index (χ0n) is 9.96. The number of carboxylic acid groups (broad SMARTS) is 1. The first-order valence-electron chi connectivity index (χ1n) is 6.05. The van der Waals surface area contributed by atoms with Crippen molar-refractivity contribution in [3.05, 3.63) is 16.6 Å². The summed E-state index contributed by atoms with van der Waals surface area (Å²) in [4.78, 5) is 26.7. The number of amides is 1.